The minimum Gasteiger partial charge on any atom is -0.468 e. The number of hydrogen-bond acceptors (Lipinski definition) is 5. The van der Waals surface area contributed by atoms with Crippen LogP contribution >= 0.6 is 23.4 Å². The van der Waals surface area contributed by atoms with Crippen molar-refractivity contribution < 1.29 is 14.3 Å². The highest BCUT2D eigenvalue weighted by molar-refractivity contribution is 7.98. The fraction of sp³-hybridized carbons (Fsp3) is 0.263. The van der Waals surface area contributed by atoms with Crippen LogP contribution in [-0.2, 0) is 14.3 Å². The van der Waals surface area contributed by atoms with Gasteiger partial charge in [0.25, 0.3) is 0 Å². The standard InChI is InChI=1S/C19H21ClN2O3S/c1-22(12-17(23)21-15-10-6-7-11-16(15)26-3)18(19(24)25-2)13-8-4-5-9-14(13)20/h4-11,18H,12H2,1-3H3,(H,21,23). The summed E-state index contributed by atoms with van der Waals surface area (Å²) < 4.78 is 4.90. The molecule has 1 unspecified atom stereocenters. The third-order valence-electron chi connectivity index (χ3n) is 3.84. The van der Waals surface area contributed by atoms with Gasteiger partial charge in [-0.25, -0.2) is 4.79 Å². The van der Waals surface area contributed by atoms with Crippen LogP contribution in [-0.4, -0.2) is 43.7 Å². The first-order valence-corrected chi connectivity index (χ1v) is 9.53. The van der Waals surface area contributed by atoms with Crippen molar-refractivity contribution >= 4 is 40.9 Å². The highest BCUT2D eigenvalue weighted by Gasteiger charge is 2.29. The van der Waals surface area contributed by atoms with Gasteiger partial charge in [0.15, 0.2) is 0 Å². The largest absolute Gasteiger partial charge is 0.468 e. The van der Waals surface area contributed by atoms with Crippen molar-refractivity contribution in [3.63, 3.8) is 0 Å². The highest BCUT2D eigenvalue weighted by atomic mass is 35.5. The number of carbonyl (C=O) groups excluding carboxylic acids is 2. The number of halogens is 1. The molecule has 0 saturated carbocycles. The van der Waals surface area contributed by atoms with Gasteiger partial charge < -0.3 is 10.1 Å². The molecule has 1 amide bonds. The summed E-state index contributed by atoms with van der Waals surface area (Å²) >= 11 is 7.78. The van der Waals surface area contributed by atoms with Crippen LogP contribution in [0.15, 0.2) is 53.4 Å². The average molecular weight is 393 g/mol. The molecule has 26 heavy (non-hydrogen) atoms. The van der Waals surface area contributed by atoms with E-state index in [-0.39, 0.29) is 12.5 Å². The molecule has 138 valence electrons. The number of ether oxygens (including phenoxy) is 1. The lowest BCUT2D eigenvalue weighted by Gasteiger charge is -2.26. The van der Waals surface area contributed by atoms with E-state index in [9.17, 15) is 9.59 Å². The lowest BCUT2D eigenvalue weighted by molar-refractivity contribution is -0.147. The quantitative estimate of drug-likeness (QED) is 0.573. The Bertz CT molecular complexity index is 785. The third-order valence-corrected chi connectivity index (χ3v) is 4.98. The summed E-state index contributed by atoms with van der Waals surface area (Å²) in [5, 5.41) is 3.33. The van der Waals surface area contributed by atoms with Crippen molar-refractivity contribution in [2.24, 2.45) is 0 Å². The average Bonchev–Trinajstić information content (AvgIpc) is 2.63. The Morgan fingerprint density at radius 3 is 2.50 bits per heavy atom. The third kappa shape index (κ3) is 5.00. The lowest BCUT2D eigenvalue weighted by atomic mass is 10.1. The second kappa shape index (κ2) is 9.62. The molecule has 5 nitrogen and oxygen atoms in total. The highest BCUT2D eigenvalue weighted by Crippen LogP contribution is 2.28. The molecule has 0 aliphatic carbocycles. The predicted octanol–water partition coefficient (Wildman–Crippen LogP) is 3.85. The van der Waals surface area contributed by atoms with Crippen LogP contribution in [0.25, 0.3) is 0 Å². The van der Waals surface area contributed by atoms with E-state index in [1.54, 1.807) is 48.0 Å². The molecule has 0 heterocycles. The molecular formula is C19H21ClN2O3S. The van der Waals surface area contributed by atoms with Crippen LogP contribution in [0.5, 0.6) is 0 Å². The number of rotatable bonds is 7. The van der Waals surface area contributed by atoms with Crippen LogP contribution in [0.4, 0.5) is 5.69 Å². The van der Waals surface area contributed by atoms with E-state index in [4.69, 9.17) is 16.3 Å². The first kappa shape index (κ1) is 20.3. The number of carbonyl (C=O) groups is 2. The number of thioether (sulfide) groups is 1. The summed E-state index contributed by atoms with van der Waals surface area (Å²) in [6.45, 7) is 0.00764. The van der Waals surface area contributed by atoms with E-state index in [0.29, 0.717) is 10.6 Å². The van der Waals surface area contributed by atoms with E-state index in [2.05, 4.69) is 5.32 Å². The van der Waals surface area contributed by atoms with Gasteiger partial charge in [-0.2, -0.15) is 0 Å². The molecule has 0 aromatic heterocycles. The van der Waals surface area contributed by atoms with Crippen molar-refractivity contribution in [3.05, 3.63) is 59.1 Å². The minimum atomic E-state index is -0.768. The molecule has 0 saturated heterocycles. The molecule has 2 aromatic carbocycles. The SMILES string of the molecule is COC(=O)C(c1ccccc1Cl)N(C)CC(=O)Nc1ccccc1SC. The Labute approximate surface area is 162 Å². The van der Waals surface area contributed by atoms with E-state index >= 15 is 0 Å². The van der Waals surface area contributed by atoms with Crippen LogP contribution in [0.3, 0.4) is 0 Å². The summed E-state index contributed by atoms with van der Waals surface area (Å²) in [4.78, 5) is 27.4. The van der Waals surface area contributed by atoms with E-state index in [1.807, 2.05) is 30.5 Å². The summed E-state index contributed by atoms with van der Waals surface area (Å²) in [6.07, 6.45) is 1.95. The summed E-state index contributed by atoms with van der Waals surface area (Å²) in [6, 6.07) is 13.8. The van der Waals surface area contributed by atoms with E-state index < -0.39 is 12.0 Å². The predicted molar refractivity (Wildman–Crippen MR) is 106 cm³/mol. The van der Waals surface area contributed by atoms with Crippen LogP contribution in [0.2, 0.25) is 5.02 Å². The van der Waals surface area contributed by atoms with Crippen LogP contribution in [0, 0.1) is 0 Å². The van der Waals surface area contributed by atoms with Crippen LogP contribution < -0.4 is 5.32 Å². The maximum atomic E-state index is 12.5. The fourth-order valence-corrected chi connectivity index (χ4v) is 3.40. The number of esters is 1. The number of hydrogen-bond donors (Lipinski definition) is 1. The molecule has 1 N–H and O–H groups in total. The molecule has 1 atom stereocenters. The number of methoxy groups -OCH3 is 1. The molecule has 2 rings (SSSR count). The van der Waals surface area contributed by atoms with Gasteiger partial charge >= 0.3 is 5.97 Å². The summed E-state index contributed by atoms with van der Waals surface area (Å²) in [5.74, 6) is -0.701. The number of nitrogens with one attached hydrogen (secondary N) is 1. The number of para-hydroxylation sites is 1. The Morgan fingerprint density at radius 2 is 1.85 bits per heavy atom. The summed E-state index contributed by atoms with van der Waals surface area (Å²) in [5.41, 5.74) is 1.34. The number of anilines is 1. The van der Waals surface area contributed by atoms with Gasteiger partial charge in [0.05, 0.1) is 19.3 Å². The zero-order chi connectivity index (χ0) is 19.1. The number of benzene rings is 2. The molecule has 7 heteroatoms. The van der Waals surface area contributed by atoms with Gasteiger partial charge in [-0.15, -0.1) is 11.8 Å². The van der Waals surface area contributed by atoms with E-state index in [1.165, 1.54) is 7.11 Å². The Hall–Kier alpha value is -2.02. The number of amides is 1. The summed E-state index contributed by atoms with van der Waals surface area (Å²) in [7, 11) is 3.00. The second-order valence-corrected chi connectivity index (χ2v) is 6.87. The first-order chi connectivity index (χ1) is 12.5. The minimum absolute atomic E-state index is 0.00764. The van der Waals surface area contributed by atoms with Gasteiger partial charge in [0.1, 0.15) is 6.04 Å². The molecule has 0 spiro atoms. The molecule has 0 aliphatic rings. The first-order valence-electron chi connectivity index (χ1n) is 7.93. The number of nitrogens with zero attached hydrogens (tertiary/aromatic N) is 1. The molecule has 0 radical (unpaired) electrons. The van der Waals surface area contributed by atoms with Gasteiger partial charge in [-0.05, 0) is 37.1 Å². The molecule has 0 fully saturated rings. The molecule has 0 aliphatic heterocycles. The van der Waals surface area contributed by atoms with Gasteiger partial charge in [-0.3, -0.25) is 9.69 Å². The topological polar surface area (TPSA) is 58.6 Å². The zero-order valence-electron chi connectivity index (χ0n) is 14.9. The maximum Gasteiger partial charge on any atom is 0.327 e. The van der Waals surface area contributed by atoms with Crippen molar-refractivity contribution in [1.82, 2.24) is 4.90 Å². The second-order valence-electron chi connectivity index (χ2n) is 5.61. The monoisotopic (exact) mass is 392 g/mol. The Balaban J connectivity index is 2.16. The number of likely N-dealkylation sites (N-methyl/N-ethyl adjacent to an activating group) is 1. The lowest BCUT2D eigenvalue weighted by Crippen LogP contribution is -2.37. The Morgan fingerprint density at radius 1 is 1.19 bits per heavy atom. The van der Waals surface area contributed by atoms with Gasteiger partial charge in [0.2, 0.25) is 5.91 Å². The van der Waals surface area contributed by atoms with Crippen molar-refractivity contribution in [2.45, 2.75) is 10.9 Å². The molecular weight excluding hydrogens is 372 g/mol. The zero-order valence-corrected chi connectivity index (χ0v) is 16.4. The van der Waals surface area contributed by atoms with Gasteiger partial charge in [0, 0.05) is 9.92 Å². The van der Waals surface area contributed by atoms with Crippen molar-refractivity contribution in [3.8, 4) is 0 Å². The fourth-order valence-electron chi connectivity index (χ4n) is 2.61. The molecule has 0 bridgehead atoms. The van der Waals surface area contributed by atoms with E-state index in [0.717, 1.165) is 10.6 Å². The van der Waals surface area contributed by atoms with Crippen molar-refractivity contribution in [1.29, 1.82) is 0 Å². The smallest absolute Gasteiger partial charge is 0.327 e. The maximum absolute atomic E-state index is 12.5. The van der Waals surface area contributed by atoms with Crippen molar-refractivity contribution in [2.75, 3.05) is 32.3 Å². The van der Waals surface area contributed by atoms with Crippen LogP contribution in [0.1, 0.15) is 11.6 Å². The normalized spacial score (nSPS) is 11.9. The molecule has 2 aromatic rings. The van der Waals surface area contributed by atoms with Gasteiger partial charge in [-0.1, -0.05) is 41.9 Å². The Kier molecular flexibility index (Phi) is 7.50.